The van der Waals surface area contributed by atoms with Crippen molar-refractivity contribution in [2.45, 2.75) is 57.9 Å². The Morgan fingerprint density at radius 3 is 2.18 bits per heavy atom. The maximum atomic E-state index is 11.6. The Labute approximate surface area is 102 Å². The second-order valence-electron chi connectivity index (χ2n) is 4.68. The average Bonchev–Trinajstić information content (AvgIpc) is 2.21. The van der Waals surface area contributed by atoms with Crippen LogP contribution in [0.3, 0.4) is 0 Å². The van der Waals surface area contributed by atoms with Crippen molar-refractivity contribution in [3.63, 3.8) is 0 Å². The summed E-state index contributed by atoms with van der Waals surface area (Å²) in [5.41, 5.74) is 0.0772. The summed E-state index contributed by atoms with van der Waals surface area (Å²) in [6.45, 7) is 1.43. The molecule has 4 nitrogen and oxygen atoms in total. The molecule has 0 unspecified atom stereocenters. The molecule has 0 saturated heterocycles. The fourth-order valence-corrected chi connectivity index (χ4v) is 2.10. The van der Waals surface area contributed by atoms with E-state index in [1.807, 2.05) is 0 Å². The van der Waals surface area contributed by atoms with Gasteiger partial charge in [-0.2, -0.15) is 0 Å². The first-order chi connectivity index (χ1) is 8.09. The van der Waals surface area contributed by atoms with Crippen LogP contribution in [0.5, 0.6) is 0 Å². The van der Waals surface area contributed by atoms with Crippen LogP contribution in [0.1, 0.15) is 51.9 Å². The molecule has 1 aliphatic carbocycles. The molecule has 0 aliphatic heterocycles. The van der Waals surface area contributed by atoms with Gasteiger partial charge in [0, 0.05) is 17.7 Å². The van der Waals surface area contributed by atoms with Crippen LogP contribution < -0.4 is 5.32 Å². The predicted octanol–water partition coefficient (Wildman–Crippen LogP) is 2.25. The van der Waals surface area contributed by atoms with E-state index in [0.29, 0.717) is 0 Å². The number of carboxylic acid groups (broad SMARTS) is 1. The van der Waals surface area contributed by atoms with E-state index >= 15 is 0 Å². The Balaban J connectivity index is 2.43. The van der Waals surface area contributed by atoms with Crippen molar-refractivity contribution >= 4 is 11.9 Å². The average molecular weight is 239 g/mol. The highest BCUT2D eigenvalue weighted by atomic mass is 16.4. The van der Waals surface area contributed by atoms with Crippen LogP contribution in [0.4, 0.5) is 0 Å². The quantitative estimate of drug-likeness (QED) is 0.742. The van der Waals surface area contributed by atoms with Crippen molar-refractivity contribution in [3.8, 4) is 0 Å². The molecule has 17 heavy (non-hydrogen) atoms. The number of carboxylic acids is 1. The molecule has 0 heterocycles. The second kappa shape index (κ2) is 7.09. The lowest BCUT2D eigenvalue weighted by Crippen LogP contribution is -2.34. The van der Waals surface area contributed by atoms with Crippen LogP contribution in [-0.2, 0) is 9.59 Å². The summed E-state index contributed by atoms with van der Waals surface area (Å²) in [5.74, 6) is -1.33. The van der Waals surface area contributed by atoms with Crippen molar-refractivity contribution < 1.29 is 14.7 Å². The van der Waals surface area contributed by atoms with Crippen molar-refractivity contribution in [2.75, 3.05) is 0 Å². The zero-order valence-electron chi connectivity index (χ0n) is 10.4. The lowest BCUT2D eigenvalue weighted by Gasteiger charge is -2.20. The van der Waals surface area contributed by atoms with E-state index in [1.165, 1.54) is 32.3 Å². The smallest absolute Gasteiger partial charge is 0.331 e. The standard InChI is InChI=1S/C13H21NO3/c1-10(13(16)17)9-12(15)14-11-7-5-3-2-4-6-8-11/h9,11H,2-8H2,1H3,(H,14,15)(H,16,17). The molecule has 1 rings (SSSR count). The van der Waals surface area contributed by atoms with Gasteiger partial charge in [-0.1, -0.05) is 32.1 Å². The summed E-state index contributed by atoms with van der Waals surface area (Å²) >= 11 is 0. The molecule has 0 spiro atoms. The molecule has 0 atom stereocenters. The summed E-state index contributed by atoms with van der Waals surface area (Å²) < 4.78 is 0. The molecule has 1 saturated carbocycles. The maximum absolute atomic E-state index is 11.6. The van der Waals surface area contributed by atoms with Crippen molar-refractivity contribution in [3.05, 3.63) is 11.6 Å². The molecule has 0 radical (unpaired) electrons. The van der Waals surface area contributed by atoms with E-state index in [-0.39, 0.29) is 17.5 Å². The Morgan fingerprint density at radius 2 is 1.65 bits per heavy atom. The second-order valence-corrected chi connectivity index (χ2v) is 4.68. The van der Waals surface area contributed by atoms with Crippen LogP contribution in [0.2, 0.25) is 0 Å². The third kappa shape index (κ3) is 5.52. The van der Waals surface area contributed by atoms with Crippen LogP contribution in [0.25, 0.3) is 0 Å². The van der Waals surface area contributed by atoms with Gasteiger partial charge in [-0.25, -0.2) is 4.79 Å². The number of aliphatic carboxylic acids is 1. The lowest BCUT2D eigenvalue weighted by atomic mass is 9.97. The van der Waals surface area contributed by atoms with Gasteiger partial charge in [-0.15, -0.1) is 0 Å². The highest BCUT2D eigenvalue weighted by molar-refractivity contribution is 5.97. The Hall–Kier alpha value is -1.32. The molecule has 0 aromatic heterocycles. The van der Waals surface area contributed by atoms with Gasteiger partial charge in [0.05, 0.1) is 0 Å². The van der Waals surface area contributed by atoms with E-state index in [4.69, 9.17) is 5.11 Å². The fourth-order valence-electron chi connectivity index (χ4n) is 2.10. The summed E-state index contributed by atoms with van der Waals surface area (Å²) in [4.78, 5) is 22.2. The number of nitrogens with one attached hydrogen (secondary N) is 1. The van der Waals surface area contributed by atoms with Crippen LogP contribution in [-0.4, -0.2) is 23.0 Å². The van der Waals surface area contributed by atoms with E-state index in [1.54, 1.807) is 0 Å². The summed E-state index contributed by atoms with van der Waals surface area (Å²) in [5, 5.41) is 11.6. The molecule has 0 aromatic carbocycles. The molecule has 1 fully saturated rings. The van der Waals surface area contributed by atoms with E-state index in [2.05, 4.69) is 5.32 Å². The van der Waals surface area contributed by atoms with Gasteiger partial charge in [0.1, 0.15) is 0 Å². The molecule has 2 N–H and O–H groups in total. The van der Waals surface area contributed by atoms with Crippen LogP contribution in [0.15, 0.2) is 11.6 Å². The number of hydrogen-bond acceptors (Lipinski definition) is 2. The topological polar surface area (TPSA) is 66.4 Å². The number of hydrogen-bond donors (Lipinski definition) is 2. The molecule has 1 amide bonds. The predicted molar refractivity (Wildman–Crippen MR) is 65.6 cm³/mol. The van der Waals surface area contributed by atoms with Gasteiger partial charge in [-0.3, -0.25) is 4.79 Å². The highest BCUT2D eigenvalue weighted by Gasteiger charge is 2.13. The summed E-state index contributed by atoms with van der Waals surface area (Å²) in [6.07, 6.45) is 9.23. The van der Waals surface area contributed by atoms with Crippen LogP contribution >= 0.6 is 0 Å². The van der Waals surface area contributed by atoms with E-state index in [9.17, 15) is 9.59 Å². The minimum atomic E-state index is -1.04. The molecule has 4 heteroatoms. The SMILES string of the molecule is CC(=CC(=O)NC1CCCCCCC1)C(=O)O. The molecule has 0 bridgehead atoms. The Kier molecular flexibility index (Phi) is 5.73. The first kappa shape index (κ1) is 13.7. The third-order valence-electron chi connectivity index (χ3n) is 3.14. The number of amides is 1. The molecule has 1 aliphatic rings. The fraction of sp³-hybridized carbons (Fsp3) is 0.692. The van der Waals surface area contributed by atoms with Gasteiger partial charge in [0.25, 0.3) is 0 Å². The minimum Gasteiger partial charge on any atom is -0.478 e. The summed E-state index contributed by atoms with van der Waals surface area (Å²) in [7, 11) is 0. The van der Waals surface area contributed by atoms with Crippen molar-refractivity contribution in [1.82, 2.24) is 5.32 Å². The number of carbonyl (C=O) groups is 2. The maximum Gasteiger partial charge on any atom is 0.331 e. The Morgan fingerprint density at radius 1 is 1.12 bits per heavy atom. The summed E-state index contributed by atoms with van der Waals surface area (Å²) in [6, 6.07) is 0.209. The Bertz CT molecular complexity index is 302. The van der Waals surface area contributed by atoms with Gasteiger partial charge < -0.3 is 10.4 Å². The molecular weight excluding hydrogens is 218 g/mol. The molecule has 0 aromatic rings. The largest absolute Gasteiger partial charge is 0.478 e. The van der Waals surface area contributed by atoms with Crippen LogP contribution in [0, 0.1) is 0 Å². The monoisotopic (exact) mass is 239 g/mol. The number of carbonyl (C=O) groups excluding carboxylic acids is 1. The normalized spacial score (nSPS) is 19.2. The highest BCUT2D eigenvalue weighted by Crippen LogP contribution is 2.17. The van der Waals surface area contributed by atoms with Gasteiger partial charge in [0.15, 0.2) is 0 Å². The first-order valence-electron chi connectivity index (χ1n) is 6.31. The molecular formula is C13H21NO3. The number of rotatable bonds is 3. The zero-order valence-corrected chi connectivity index (χ0v) is 10.4. The minimum absolute atomic E-state index is 0.0772. The first-order valence-corrected chi connectivity index (χ1v) is 6.31. The third-order valence-corrected chi connectivity index (χ3v) is 3.14. The van der Waals surface area contributed by atoms with Crippen molar-refractivity contribution in [2.24, 2.45) is 0 Å². The molecule has 96 valence electrons. The van der Waals surface area contributed by atoms with Gasteiger partial charge in [0.2, 0.25) is 5.91 Å². The van der Waals surface area contributed by atoms with Gasteiger partial charge in [-0.05, 0) is 19.8 Å². The van der Waals surface area contributed by atoms with Gasteiger partial charge >= 0.3 is 5.97 Å². The lowest BCUT2D eigenvalue weighted by molar-refractivity contribution is -0.133. The van der Waals surface area contributed by atoms with E-state index in [0.717, 1.165) is 25.7 Å². The van der Waals surface area contributed by atoms with E-state index < -0.39 is 5.97 Å². The van der Waals surface area contributed by atoms with Crippen molar-refractivity contribution in [1.29, 1.82) is 0 Å². The zero-order chi connectivity index (χ0) is 12.7.